The van der Waals surface area contributed by atoms with Crippen LogP contribution in [0.1, 0.15) is 28.3 Å². The molecule has 7 nitrogen and oxygen atoms in total. The summed E-state index contributed by atoms with van der Waals surface area (Å²) in [6, 6.07) is 17.1. The highest BCUT2D eigenvalue weighted by Gasteiger charge is 2.69. The lowest BCUT2D eigenvalue weighted by molar-refractivity contribution is -0.137. The Labute approximate surface area is 283 Å². The van der Waals surface area contributed by atoms with Crippen molar-refractivity contribution in [1.29, 1.82) is 0 Å². The van der Waals surface area contributed by atoms with Gasteiger partial charge < -0.3 is 5.32 Å². The Bertz CT molecular complexity index is 2050. The molecule has 3 heterocycles. The van der Waals surface area contributed by atoms with Gasteiger partial charge in [0.1, 0.15) is 12.4 Å². The summed E-state index contributed by atoms with van der Waals surface area (Å²) in [7, 11) is 0. The number of para-hydroxylation sites is 1. The van der Waals surface area contributed by atoms with Gasteiger partial charge in [-0.3, -0.25) is 28.6 Å². The Morgan fingerprint density at radius 1 is 0.917 bits per heavy atom. The van der Waals surface area contributed by atoms with Crippen LogP contribution in [-0.4, -0.2) is 27.5 Å². The molecule has 48 heavy (non-hydrogen) atoms. The van der Waals surface area contributed by atoms with Gasteiger partial charge in [-0.05, 0) is 78.3 Å². The number of carbonyl (C=O) groups excluding carboxylic acids is 3. The van der Waals surface area contributed by atoms with E-state index in [1.807, 2.05) is 12.1 Å². The Balaban J connectivity index is 1.16. The highest BCUT2D eigenvalue weighted by molar-refractivity contribution is 8.00. The standard InChI is InChI=1S/C34H24ClF4N3O4S2/c35-16-7-5-15(6-8-16)24-25-19-13-20(27-26(19)30(44)42(31(27)45)18-11-9-17(36)10-12-18)28(25)47-32-29(24)48-33(46)41(32)14-23(43)40-22-4-2-1-3-21(22)34(37,38)39/h1-12,19-20,24-28H,13-14H2,(H,40,43). The first kappa shape index (κ1) is 31.3. The molecule has 0 spiro atoms. The monoisotopic (exact) mass is 713 g/mol. The van der Waals surface area contributed by atoms with E-state index in [1.54, 1.807) is 12.1 Å². The van der Waals surface area contributed by atoms with Crippen molar-refractivity contribution in [3.05, 3.63) is 109 Å². The maximum atomic E-state index is 13.9. The van der Waals surface area contributed by atoms with Crippen LogP contribution < -0.4 is 15.1 Å². The molecule has 1 N–H and O–H groups in total. The van der Waals surface area contributed by atoms with E-state index in [-0.39, 0.29) is 40.7 Å². The number of halogens is 5. The number of carbonyl (C=O) groups is 3. The van der Waals surface area contributed by atoms with Crippen LogP contribution in [0.4, 0.5) is 28.9 Å². The number of rotatable bonds is 5. The van der Waals surface area contributed by atoms with Crippen LogP contribution in [0, 0.1) is 35.4 Å². The maximum absolute atomic E-state index is 13.9. The minimum Gasteiger partial charge on any atom is -0.324 e. The number of nitrogens with one attached hydrogen (secondary N) is 1. The molecule has 2 saturated carbocycles. The third-order valence-electron chi connectivity index (χ3n) is 10.1. The first-order chi connectivity index (χ1) is 22.9. The molecule has 7 unspecified atom stereocenters. The number of fused-ring (bicyclic) bond motifs is 9. The summed E-state index contributed by atoms with van der Waals surface area (Å²) in [5.74, 6) is -3.94. The largest absolute Gasteiger partial charge is 0.418 e. The number of hydrogen-bond donors (Lipinski definition) is 1. The number of hydrogen-bond acceptors (Lipinski definition) is 6. The van der Waals surface area contributed by atoms with Crippen LogP contribution >= 0.6 is 34.7 Å². The fourth-order valence-corrected chi connectivity index (χ4v) is 11.6. The van der Waals surface area contributed by atoms with E-state index < -0.39 is 52.4 Å². The normalized spacial score (nSPS) is 27.2. The van der Waals surface area contributed by atoms with Gasteiger partial charge in [-0.1, -0.05) is 47.2 Å². The van der Waals surface area contributed by atoms with Gasteiger partial charge >= 0.3 is 11.0 Å². The van der Waals surface area contributed by atoms with Crippen LogP contribution in [0.25, 0.3) is 0 Å². The van der Waals surface area contributed by atoms with Crippen molar-refractivity contribution in [1.82, 2.24) is 4.57 Å². The number of nitrogens with zero attached hydrogens (tertiary/aromatic N) is 2. The highest BCUT2D eigenvalue weighted by Crippen LogP contribution is 2.69. The molecule has 246 valence electrons. The quantitative estimate of drug-likeness (QED) is 0.177. The summed E-state index contributed by atoms with van der Waals surface area (Å²) in [4.78, 5) is 55.9. The van der Waals surface area contributed by atoms with Gasteiger partial charge in [0.15, 0.2) is 0 Å². The first-order valence-corrected chi connectivity index (χ1v) is 17.2. The SMILES string of the molecule is O=C(Cn1c2c(sc1=O)C(c1ccc(Cl)cc1)C1C3CC(C1S2)C1C(=O)N(c2ccc(F)cc2)C(=O)C31)Nc1ccccc1C(F)(F)F. The van der Waals surface area contributed by atoms with E-state index in [0.717, 1.165) is 29.0 Å². The molecule has 8 rings (SSSR count). The molecule has 1 saturated heterocycles. The molecule has 14 heteroatoms. The molecule has 2 bridgehead atoms. The zero-order valence-corrected chi connectivity index (χ0v) is 27.0. The molecule has 7 atom stereocenters. The number of imide groups is 1. The second kappa shape index (κ2) is 11.3. The van der Waals surface area contributed by atoms with E-state index in [0.29, 0.717) is 27.0 Å². The summed E-state index contributed by atoms with van der Waals surface area (Å²) in [5.41, 5.74) is -0.228. The molecule has 4 aliphatic rings. The van der Waals surface area contributed by atoms with Crippen LogP contribution in [0.3, 0.4) is 0 Å². The topological polar surface area (TPSA) is 88.5 Å². The predicted molar refractivity (Wildman–Crippen MR) is 173 cm³/mol. The number of aromatic nitrogens is 1. The average molecular weight is 714 g/mol. The molecular formula is C34H24ClF4N3O4S2. The second-order valence-electron chi connectivity index (χ2n) is 12.5. The van der Waals surface area contributed by atoms with Crippen molar-refractivity contribution in [2.24, 2.45) is 29.6 Å². The zero-order chi connectivity index (χ0) is 33.6. The maximum Gasteiger partial charge on any atom is 0.418 e. The van der Waals surface area contributed by atoms with Gasteiger partial charge in [-0.25, -0.2) is 4.39 Å². The number of thioether (sulfide) groups is 1. The molecule has 1 aromatic heterocycles. The molecular weight excluding hydrogens is 690 g/mol. The van der Waals surface area contributed by atoms with Crippen molar-refractivity contribution in [2.75, 3.05) is 10.2 Å². The molecule has 2 aliphatic heterocycles. The van der Waals surface area contributed by atoms with Crippen LogP contribution in [0.2, 0.25) is 5.02 Å². The highest BCUT2D eigenvalue weighted by atomic mass is 35.5. The number of anilines is 2. The van der Waals surface area contributed by atoms with Gasteiger partial charge in [-0.15, -0.1) is 11.8 Å². The summed E-state index contributed by atoms with van der Waals surface area (Å²) in [6.45, 7) is -0.509. The van der Waals surface area contributed by atoms with Gasteiger partial charge in [-0.2, -0.15) is 13.2 Å². The molecule has 4 aromatic rings. The Hall–Kier alpha value is -3.94. The van der Waals surface area contributed by atoms with Crippen LogP contribution in [0.5, 0.6) is 0 Å². The van der Waals surface area contributed by atoms with Crippen molar-refractivity contribution in [3.8, 4) is 0 Å². The number of benzene rings is 3. The van der Waals surface area contributed by atoms with E-state index in [2.05, 4.69) is 5.32 Å². The van der Waals surface area contributed by atoms with Gasteiger partial charge in [0.25, 0.3) is 0 Å². The Morgan fingerprint density at radius 3 is 2.27 bits per heavy atom. The minimum absolute atomic E-state index is 0.126. The van der Waals surface area contributed by atoms with Crippen molar-refractivity contribution >= 4 is 63.8 Å². The van der Waals surface area contributed by atoms with Gasteiger partial charge in [0.05, 0.1) is 33.8 Å². The Morgan fingerprint density at radius 2 is 1.58 bits per heavy atom. The summed E-state index contributed by atoms with van der Waals surface area (Å²) >= 11 is 8.61. The van der Waals surface area contributed by atoms with E-state index >= 15 is 0 Å². The van der Waals surface area contributed by atoms with E-state index in [9.17, 15) is 36.7 Å². The average Bonchev–Trinajstić information content (AvgIpc) is 3.76. The van der Waals surface area contributed by atoms with Gasteiger partial charge in [0.2, 0.25) is 17.7 Å². The number of alkyl halides is 3. The van der Waals surface area contributed by atoms with E-state index in [1.165, 1.54) is 57.6 Å². The third kappa shape index (κ3) is 4.84. The zero-order valence-electron chi connectivity index (χ0n) is 24.6. The first-order valence-electron chi connectivity index (χ1n) is 15.2. The predicted octanol–water partition coefficient (Wildman–Crippen LogP) is 7.04. The van der Waals surface area contributed by atoms with Crippen molar-refractivity contribution < 1.29 is 31.9 Å². The van der Waals surface area contributed by atoms with Gasteiger partial charge in [0, 0.05) is 21.1 Å². The number of amides is 3. The minimum atomic E-state index is -4.69. The summed E-state index contributed by atoms with van der Waals surface area (Å²) in [6.07, 6.45) is -4.06. The molecule has 3 fully saturated rings. The van der Waals surface area contributed by atoms with E-state index in [4.69, 9.17) is 11.6 Å². The summed E-state index contributed by atoms with van der Waals surface area (Å²) in [5, 5.41) is 3.18. The van der Waals surface area contributed by atoms with Crippen LogP contribution in [-0.2, 0) is 27.1 Å². The molecule has 3 aromatic carbocycles. The van der Waals surface area contributed by atoms with Crippen molar-refractivity contribution in [3.63, 3.8) is 0 Å². The molecule has 0 radical (unpaired) electrons. The second-order valence-corrected chi connectivity index (χ2v) is 15.1. The lowest BCUT2D eigenvalue weighted by Crippen LogP contribution is -2.43. The Kier molecular flexibility index (Phi) is 7.38. The summed E-state index contributed by atoms with van der Waals surface area (Å²) < 4.78 is 55.8. The fourth-order valence-electron chi connectivity index (χ4n) is 8.32. The number of thiazole rings is 1. The third-order valence-corrected chi connectivity index (χ3v) is 13.1. The van der Waals surface area contributed by atoms with Crippen LogP contribution in [0.15, 0.2) is 82.6 Å². The van der Waals surface area contributed by atoms with Crippen molar-refractivity contribution in [2.45, 2.75) is 35.3 Å². The molecule has 2 aliphatic carbocycles. The smallest absolute Gasteiger partial charge is 0.324 e. The molecule has 3 amide bonds. The lowest BCUT2D eigenvalue weighted by Gasteiger charge is -2.43. The fraction of sp³-hybridized carbons (Fsp3) is 0.294. The lowest BCUT2D eigenvalue weighted by atomic mass is 9.68.